The number of hydrogen-bond acceptors (Lipinski definition) is 19. The molecule has 0 radical (unpaired) electrons. The lowest BCUT2D eigenvalue weighted by atomic mass is 10.1. The van der Waals surface area contributed by atoms with Crippen LogP contribution < -0.4 is 16.4 Å². The maximum absolute atomic E-state index is 16.0. The second kappa shape index (κ2) is 16.8. The second-order valence-corrected chi connectivity index (χ2v) is 14.5. The summed E-state index contributed by atoms with van der Waals surface area (Å²) >= 11 is 8.01. The summed E-state index contributed by atoms with van der Waals surface area (Å²) in [5.41, 5.74) is 6.39. The topological polar surface area (TPSA) is 253 Å². The van der Waals surface area contributed by atoms with Gasteiger partial charge in [-0.15, -0.1) is 0 Å². The van der Waals surface area contributed by atoms with E-state index in [-0.39, 0.29) is 53.1 Å². The molecule has 52 heavy (non-hydrogen) atoms. The number of alkyl halides is 2. The number of hydrogen-bond donors (Lipinski definition) is 5. The maximum Gasteiger partial charge on any atom is 0.412 e. The highest BCUT2D eigenvalue weighted by Gasteiger charge is 2.52. The molecular weight excluding hydrogens is 778 g/mol. The van der Waals surface area contributed by atoms with E-state index < -0.39 is 77.4 Å². The van der Waals surface area contributed by atoms with Gasteiger partial charge in [0.25, 0.3) is 0 Å². The summed E-state index contributed by atoms with van der Waals surface area (Å²) in [6.07, 6.45) is -8.54. The molecule has 0 spiro atoms. The van der Waals surface area contributed by atoms with Crippen LogP contribution in [0.5, 0.6) is 0 Å². The third-order valence-corrected chi connectivity index (χ3v) is 9.95. The Labute approximate surface area is 304 Å². The summed E-state index contributed by atoms with van der Waals surface area (Å²) in [6, 6.07) is 0. The van der Waals surface area contributed by atoms with E-state index in [9.17, 15) is 13.9 Å². The molecule has 4 N–H and O–H groups in total. The van der Waals surface area contributed by atoms with Crippen molar-refractivity contribution in [1.29, 1.82) is 0 Å². The minimum absolute atomic E-state index is 0.0161. The van der Waals surface area contributed by atoms with Gasteiger partial charge < -0.3 is 30.0 Å². The molecule has 6 heterocycles. The monoisotopic (exact) mass is 809 g/mol. The first kappa shape index (κ1) is 38.5. The summed E-state index contributed by atoms with van der Waals surface area (Å²) in [4.78, 5) is 36.8. The molecule has 21 nitrogen and oxygen atoms in total. The van der Waals surface area contributed by atoms with Gasteiger partial charge in [0, 0.05) is 6.54 Å². The standard InChI is InChI=1S/C25H31F2N11O10P2S2/c1-29-2-3-43-25(39)36-20-16-22(33-7-31-20)38(9-35-16)24-18(14(27)11(45-24)4-42-10-51)48-50(41,52)44-5-12-13(26)17(47-49-40)23(46-12)37-8-34-15-19(28)30-6-32-21(15)37/h6-9,11-14,17-18,23-24,29,51H,2-5,10H2,1H3,(H,41,52)(H2,28,30,32)(H,31,33,36,39)/t11-,12-,13-,14-,17-,18-,23-,24-,50-/m1/s1. The predicted octanol–water partition coefficient (Wildman–Crippen LogP) is 2.42. The van der Waals surface area contributed by atoms with Crippen LogP contribution in [0.3, 0.4) is 0 Å². The van der Waals surface area contributed by atoms with Gasteiger partial charge in [-0.2, -0.15) is 12.6 Å². The van der Waals surface area contributed by atoms with Crippen molar-refractivity contribution in [2.24, 2.45) is 0 Å². The number of imidazole rings is 2. The molecule has 0 saturated carbocycles. The molecule has 0 aromatic carbocycles. The first-order chi connectivity index (χ1) is 25.1. The SMILES string of the molecule is CNCCOC(=O)Nc1ncnc2c1ncn2[C@@H]1O[C@H](COCS)[C@@H](F)[C@H]1O[P@](=O)(S)OC[C@H]1O[C@@H](n2cnc3c(N)ncnc32)[C@H](OP=O)[C@@H]1F. The molecule has 27 heteroatoms. The number of carbonyl (C=O) groups excluding carboxylic acids is 1. The highest BCUT2D eigenvalue weighted by atomic mass is 32.7. The zero-order valence-corrected chi connectivity index (χ0v) is 30.3. The van der Waals surface area contributed by atoms with Crippen LogP contribution in [0.4, 0.5) is 25.2 Å². The fourth-order valence-electron chi connectivity index (χ4n) is 5.47. The van der Waals surface area contributed by atoms with Crippen molar-refractivity contribution in [2.45, 2.75) is 49.2 Å². The Bertz CT molecular complexity index is 1940. The smallest absolute Gasteiger partial charge is 0.412 e. The van der Waals surface area contributed by atoms with Crippen LogP contribution in [-0.4, -0.2) is 121 Å². The highest BCUT2D eigenvalue weighted by Crippen LogP contribution is 2.57. The van der Waals surface area contributed by atoms with E-state index in [1.54, 1.807) is 7.05 Å². The Morgan fingerprint density at radius 2 is 1.63 bits per heavy atom. The van der Waals surface area contributed by atoms with E-state index in [0.717, 1.165) is 6.33 Å². The van der Waals surface area contributed by atoms with Gasteiger partial charge in [0.2, 0.25) is 0 Å². The molecule has 2 fully saturated rings. The van der Waals surface area contributed by atoms with Gasteiger partial charge in [0.1, 0.15) is 43.1 Å². The average molecular weight is 810 g/mol. The zero-order valence-electron chi connectivity index (χ0n) is 26.7. The first-order valence-electron chi connectivity index (χ1n) is 15.2. The minimum Gasteiger partial charge on any atom is -0.448 e. The Kier molecular flexibility index (Phi) is 12.5. The zero-order chi connectivity index (χ0) is 37.0. The number of anilines is 2. The number of likely N-dealkylation sites (N-methyl/N-ethyl adjacent to an activating group) is 1. The number of nitrogens with one attached hydrogen (secondary N) is 2. The number of amides is 1. The number of carbonyl (C=O) groups is 1. The van der Waals surface area contributed by atoms with Gasteiger partial charge in [-0.3, -0.25) is 28.0 Å². The molecule has 2 aliphatic heterocycles. The molecule has 4 aromatic rings. The lowest BCUT2D eigenvalue weighted by molar-refractivity contribution is -0.0572. The lowest BCUT2D eigenvalue weighted by Gasteiger charge is -2.24. The number of fused-ring (bicyclic) bond motifs is 2. The van der Waals surface area contributed by atoms with Gasteiger partial charge in [-0.05, 0) is 7.05 Å². The quantitative estimate of drug-likeness (QED) is 0.0471. The number of thiol groups is 2. The van der Waals surface area contributed by atoms with Gasteiger partial charge >= 0.3 is 21.6 Å². The van der Waals surface area contributed by atoms with Gasteiger partial charge in [-0.1, -0.05) is 12.2 Å². The third kappa shape index (κ3) is 8.14. The van der Waals surface area contributed by atoms with Crippen molar-refractivity contribution in [3.63, 3.8) is 0 Å². The van der Waals surface area contributed by atoms with E-state index in [1.165, 1.54) is 28.1 Å². The van der Waals surface area contributed by atoms with E-state index in [4.69, 9.17) is 38.3 Å². The molecule has 0 unspecified atom stereocenters. The van der Waals surface area contributed by atoms with Crippen molar-refractivity contribution in [1.82, 2.24) is 44.4 Å². The molecule has 0 aliphatic carbocycles. The normalized spacial score (nSPS) is 27.4. The number of nitrogen functional groups attached to an aromatic ring is 1. The summed E-state index contributed by atoms with van der Waals surface area (Å²) in [5, 5.41) is 5.31. The van der Waals surface area contributed by atoms with Crippen LogP contribution in [0.1, 0.15) is 12.5 Å². The number of aromatic nitrogens is 8. The Hall–Kier alpha value is -3.22. The van der Waals surface area contributed by atoms with Crippen molar-refractivity contribution in [3.8, 4) is 0 Å². The minimum atomic E-state index is -4.55. The van der Waals surface area contributed by atoms with Crippen molar-refractivity contribution >= 4 is 80.4 Å². The second-order valence-electron chi connectivity index (χ2n) is 11.0. The number of nitrogens with zero attached hydrogens (tertiary/aromatic N) is 8. The van der Waals surface area contributed by atoms with Crippen LogP contribution in [-0.2, 0) is 41.6 Å². The average Bonchev–Trinajstić information content (AvgIpc) is 3.89. The largest absolute Gasteiger partial charge is 0.448 e. The van der Waals surface area contributed by atoms with Crippen LogP contribution in [0.2, 0.25) is 0 Å². The van der Waals surface area contributed by atoms with E-state index in [1.807, 2.05) is 0 Å². The number of nitrogens with two attached hydrogens (primary N) is 1. The maximum atomic E-state index is 16.0. The summed E-state index contributed by atoms with van der Waals surface area (Å²) in [5.74, 6) is -0.0204. The molecule has 6 rings (SSSR count). The van der Waals surface area contributed by atoms with Crippen LogP contribution in [0.25, 0.3) is 22.3 Å². The molecule has 4 aromatic heterocycles. The highest BCUT2D eigenvalue weighted by molar-refractivity contribution is 8.44. The lowest BCUT2D eigenvalue weighted by Crippen LogP contribution is -2.33. The molecular formula is C25H31F2N11O10P2S2. The van der Waals surface area contributed by atoms with E-state index in [0.29, 0.717) is 6.54 Å². The van der Waals surface area contributed by atoms with Crippen LogP contribution in [0, 0.1) is 0 Å². The Morgan fingerprint density at radius 3 is 2.33 bits per heavy atom. The summed E-state index contributed by atoms with van der Waals surface area (Å²) < 4.78 is 97.4. The van der Waals surface area contributed by atoms with Crippen LogP contribution in [0.15, 0.2) is 25.3 Å². The third-order valence-electron chi connectivity index (χ3n) is 7.82. The molecule has 2 saturated heterocycles. The van der Waals surface area contributed by atoms with E-state index >= 15 is 8.78 Å². The fourth-order valence-corrected chi connectivity index (χ4v) is 7.34. The van der Waals surface area contributed by atoms with Gasteiger partial charge in [0.15, 0.2) is 59.3 Å². The molecule has 9 atom stereocenters. The number of rotatable bonds is 16. The first-order valence-corrected chi connectivity index (χ1v) is 19.2. The Morgan fingerprint density at radius 1 is 1.00 bits per heavy atom. The number of ether oxygens (including phenoxy) is 4. The van der Waals surface area contributed by atoms with Crippen molar-refractivity contribution in [2.75, 3.05) is 50.4 Å². The summed E-state index contributed by atoms with van der Waals surface area (Å²) in [6.45, 7) is -5.06. The molecule has 0 bridgehead atoms. The van der Waals surface area contributed by atoms with Gasteiger partial charge in [-0.25, -0.2) is 52.6 Å². The molecule has 282 valence electrons. The number of halogens is 2. The fraction of sp³-hybridized carbons (Fsp3) is 0.560. The van der Waals surface area contributed by atoms with Crippen molar-refractivity contribution in [3.05, 3.63) is 25.3 Å². The van der Waals surface area contributed by atoms with Gasteiger partial charge in [0.05, 0.1) is 31.8 Å². The summed E-state index contributed by atoms with van der Waals surface area (Å²) in [7, 11) is 0.840. The van der Waals surface area contributed by atoms with Crippen molar-refractivity contribution < 1.29 is 55.2 Å². The molecule has 1 amide bonds. The Balaban J connectivity index is 1.19. The molecule has 2 aliphatic rings. The van der Waals surface area contributed by atoms with Crippen LogP contribution >= 0.6 is 40.4 Å². The van der Waals surface area contributed by atoms with E-state index in [2.05, 4.69) is 65.4 Å². The predicted molar refractivity (Wildman–Crippen MR) is 181 cm³/mol.